The fourth-order valence-corrected chi connectivity index (χ4v) is 1.50. The molecule has 0 spiro atoms. The zero-order valence-corrected chi connectivity index (χ0v) is 7.80. The maximum absolute atomic E-state index is 11.2. The molecule has 0 aliphatic carbocycles. The number of alkyl halides is 1. The van der Waals surface area contributed by atoms with Gasteiger partial charge in [0.25, 0.3) is 0 Å². The summed E-state index contributed by atoms with van der Waals surface area (Å²) >= 11 is 5.40. The van der Waals surface area contributed by atoms with Gasteiger partial charge in [0.05, 0.1) is 0 Å². The molecule has 4 heteroatoms. The van der Waals surface area contributed by atoms with Crippen LogP contribution in [0.2, 0.25) is 0 Å². The van der Waals surface area contributed by atoms with Gasteiger partial charge in [0.2, 0.25) is 11.8 Å². The quantitative estimate of drug-likeness (QED) is 0.608. The van der Waals surface area contributed by atoms with Crippen molar-refractivity contribution < 1.29 is 9.59 Å². The molecular formula is C8H12ClNO2. The molecule has 1 rings (SSSR count). The molecule has 0 aromatic heterocycles. The Kier molecular flexibility index (Phi) is 3.09. The summed E-state index contributed by atoms with van der Waals surface area (Å²) in [7, 11) is 0. The summed E-state index contributed by atoms with van der Waals surface area (Å²) in [6.07, 6.45) is 0.758. The van der Waals surface area contributed by atoms with Gasteiger partial charge >= 0.3 is 0 Å². The lowest BCUT2D eigenvalue weighted by molar-refractivity contribution is -0.141. The Morgan fingerprint density at radius 2 is 2.42 bits per heavy atom. The highest BCUT2D eigenvalue weighted by Gasteiger charge is 2.30. The molecule has 12 heavy (non-hydrogen) atoms. The highest BCUT2D eigenvalue weighted by atomic mass is 35.5. The predicted octanol–water partition coefficient (Wildman–Crippen LogP) is 1.01. The second kappa shape index (κ2) is 3.90. The van der Waals surface area contributed by atoms with Crippen molar-refractivity contribution in [2.75, 3.05) is 12.4 Å². The average Bonchev–Trinajstić information content (AvgIpc) is 2.30. The van der Waals surface area contributed by atoms with Crippen LogP contribution in [0.1, 0.15) is 19.8 Å². The number of amides is 2. The van der Waals surface area contributed by atoms with Crippen LogP contribution in [0.4, 0.5) is 0 Å². The number of hydrogen-bond acceptors (Lipinski definition) is 2. The molecular weight excluding hydrogens is 178 g/mol. The summed E-state index contributed by atoms with van der Waals surface area (Å²) in [6, 6.07) is 0. The van der Waals surface area contributed by atoms with E-state index in [-0.39, 0.29) is 24.1 Å². The Morgan fingerprint density at radius 1 is 1.75 bits per heavy atom. The topological polar surface area (TPSA) is 37.4 Å². The van der Waals surface area contributed by atoms with Gasteiger partial charge in [0.15, 0.2) is 0 Å². The van der Waals surface area contributed by atoms with E-state index in [0.717, 1.165) is 0 Å². The Balaban J connectivity index is 2.52. The van der Waals surface area contributed by atoms with E-state index in [0.29, 0.717) is 18.9 Å². The molecule has 0 aromatic rings. The van der Waals surface area contributed by atoms with Crippen LogP contribution in [0.3, 0.4) is 0 Å². The van der Waals surface area contributed by atoms with Crippen molar-refractivity contribution in [3.8, 4) is 0 Å². The number of halogens is 1. The number of imide groups is 1. The third-order valence-electron chi connectivity index (χ3n) is 1.93. The summed E-state index contributed by atoms with van der Waals surface area (Å²) in [5.41, 5.74) is 0. The van der Waals surface area contributed by atoms with Crippen molar-refractivity contribution in [1.82, 2.24) is 4.90 Å². The van der Waals surface area contributed by atoms with Crippen LogP contribution in [0.25, 0.3) is 0 Å². The summed E-state index contributed by atoms with van der Waals surface area (Å²) in [6.45, 7) is 2.53. The minimum atomic E-state index is -0.139. The number of carbonyl (C=O) groups is 2. The van der Waals surface area contributed by atoms with Crippen molar-refractivity contribution in [2.24, 2.45) is 5.92 Å². The van der Waals surface area contributed by atoms with Crippen LogP contribution in [0, 0.1) is 5.92 Å². The molecule has 1 fully saturated rings. The SMILES string of the molecule is CC1CC(=O)N(C(=O)CCCl)C1. The summed E-state index contributed by atoms with van der Waals surface area (Å²) < 4.78 is 0. The Labute approximate surface area is 76.7 Å². The molecule has 0 N–H and O–H groups in total. The van der Waals surface area contributed by atoms with Gasteiger partial charge in [-0.25, -0.2) is 0 Å². The minimum Gasteiger partial charge on any atom is -0.282 e. The van der Waals surface area contributed by atoms with Gasteiger partial charge < -0.3 is 0 Å². The van der Waals surface area contributed by atoms with Crippen molar-refractivity contribution in [2.45, 2.75) is 19.8 Å². The first-order valence-corrected chi connectivity index (χ1v) is 4.57. The van der Waals surface area contributed by atoms with Crippen LogP contribution >= 0.6 is 11.6 Å². The van der Waals surface area contributed by atoms with Crippen molar-refractivity contribution in [3.05, 3.63) is 0 Å². The minimum absolute atomic E-state index is 0.0578. The van der Waals surface area contributed by atoms with E-state index in [4.69, 9.17) is 11.6 Å². The van der Waals surface area contributed by atoms with Gasteiger partial charge in [-0.15, -0.1) is 11.6 Å². The molecule has 0 bridgehead atoms. The first-order chi connectivity index (χ1) is 5.65. The number of carbonyl (C=O) groups excluding carboxylic acids is 2. The lowest BCUT2D eigenvalue weighted by atomic mass is 10.2. The summed E-state index contributed by atoms with van der Waals surface area (Å²) in [5, 5.41) is 0. The van der Waals surface area contributed by atoms with Crippen molar-refractivity contribution in [1.29, 1.82) is 0 Å². The van der Waals surface area contributed by atoms with Gasteiger partial charge in [-0.05, 0) is 5.92 Å². The molecule has 1 unspecified atom stereocenters. The average molecular weight is 190 g/mol. The summed E-state index contributed by atoms with van der Waals surface area (Å²) in [4.78, 5) is 23.7. The molecule has 1 aliphatic heterocycles. The van der Waals surface area contributed by atoms with E-state index >= 15 is 0 Å². The Bertz CT molecular complexity index is 205. The van der Waals surface area contributed by atoms with Crippen LogP contribution in [-0.2, 0) is 9.59 Å². The number of nitrogens with zero attached hydrogens (tertiary/aromatic N) is 1. The van der Waals surface area contributed by atoms with E-state index < -0.39 is 0 Å². The molecule has 1 aliphatic rings. The zero-order chi connectivity index (χ0) is 9.14. The van der Waals surface area contributed by atoms with Crippen LogP contribution in [-0.4, -0.2) is 29.1 Å². The monoisotopic (exact) mass is 189 g/mol. The van der Waals surface area contributed by atoms with Crippen LogP contribution in [0.5, 0.6) is 0 Å². The number of rotatable bonds is 2. The molecule has 0 aromatic carbocycles. The van der Waals surface area contributed by atoms with Gasteiger partial charge in [-0.1, -0.05) is 6.92 Å². The lowest BCUT2D eigenvalue weighted by Gasteiger charge is -2.12. The van der Waals surface area contributed by atoms with Gasteiger partial charge in [-0.3, -0.25) is 14.5 Å². The molecule has 0 radical (unpaired) electrons. The Morgan fingerprint density at radius 3 is 2.83 bits per heavy atom. The Hall–Kier alpha value is -0.570. The maximum atomic E-state index is 11.2. The highest BCUT2D eigenvalue weighted by Crippen LogP contribution is 2.17. The number of likely N-dealkylation sites (tertiary alicyclic amines) is 1. The number of hydrogen-bond donors (Lipinski definition) is 0. The lowest BCUT2D eigenvalue weighted by Crippen LogP contribution is -2.32. The molecule has 68 valence electrons. The second-order valence-corrected chi connectivity index (χ2v) is 3.52. The molecule has 1 heterocycles. The fourth-order valence-electron chi connectivity index (χ4n) is 1.34. The standard InChI is InChI=1S/C8H12ClNO2/c1-6-4-8(12)10(5-6)7(11)2-3-9/h6H,2-5H2,1H3. The molecule has 1 saturated heterocycles. The van der Waals surface area contributed by atoms with Crippen molar-refractivity contribution >= 4 is 23.4 Å². The zero-order valence-electron chi connectivity index (χ0n) is 7.05. The molecule has 2 amide bonds. The molecule has 0 saturated carbocycles. The van der Waals surface area contributed by atoms with Crippen molar-refractivity contribution in [3.63, 3.8) is 0 Å². The van der Waals surface area contributed by atoms with E-state index in [1.807, 2.05) is 6.92 Å². The van der Waals surface area contributed by atoms with E-state index in [9.17, 15) is 9.59 Å². The van der Waals surface area contributed by atoms with E-state index in [1.165, 1.54) is 4.90 Å². The third-order valence-corrected chi connectivity index (χ3v) is 2.12. The largest absolute Gasteiger partial charge is 0.282 e. The maximum Gasteiger partial charge on any atom is 0.230 e. The smallest absolute Gasteiger partial charge is 0.230 e. The fraction of sp³-hybridized carbons (Fsp3) is 0.750. The van der Waals surface area contributed by atoms with Gasteiger partial charge in [0.1, 0.15) is 0 Å². The molecule has 3 nitrogen and oxygen atoms in total. The first kappa shape index (κ1) is 9.52. The second-order valence-electron chi connectivity index (χ2n) is 3.15. The third kappa shape index (κ3) is 1.97. The highest BCUT2D eigenvalue weighted by molar-refractivity contribution is 6.19. The van der Waals surface area contributed by atoms with Crippen LogP contribution < -0.4 is 0 Å². The predicted molar refractivity (Wildman–Crippen MR) is 45.8 cm³/mol. The summed E-state index contributed by atoms with van der Waals surface area (Å²) in [5.74, 6) is 0.394. The van der Waals surface area contributed by atoms with E-state index in [1.54, 1.807) is 0 Å². The van der Waals surface area contributed by atoms with Gasteiger partial charge in [-0.2, -0.15) is 0 Å². The normalized spacial score (nSPS) is 23.3. The molecule has 1 atom stereocenters. The van der Waals surface area contributed by atoms with Gasteiger partial charge in [0, 0.05) is 25.3 Å². The van der Waals surface area contributed by atoms with Crippen LogP contribution in [0.15, 0.2) is 0 Å². The first-order valence-electron chi connectivity index (χ1n) is 4.04. The van der Waals surface area contributed by atoms with E-state index in [2.05, 4.69) is 0 Å².